The van der Waals surface area contributed by atoms with E-state index in [0.29, 0.717) is 13.1 Å². The van der Waals surface area contributed by atoms with Crippen molar-refractivity contribution >= 4 is 12.0 Å². The Morgan fingerprint density at radius 1 is 0.957 bits per heavy atom. The highest BCUT2D eigenvalue weighted by Crippen LogP contribution is 2.21. The maximum Gasteiger partial charge on any atom is 0.410 e. The van der Waals surface area contributed by atoms with Crippen molar-refractivity contribution in [1.29, 1.82) is 0 Å². The minimum absolute atomic E-state index is 0.0572. The third-order valence-corrected chi connectivity index (χ3v) is 3.92. The van der Waals surface area contributed by atoms with E-state index in [0.717, 1.165) is 39.0 Å². The molecule has 0 aromatic carbocycles. The van der Waals surface area contributed by atoms with E-state index in [-0.39, 0.29) is 17.9 Å². The van der Waals surface area contributed by atoms with Crippen LogP contribution in [0.2, 0.25) is 0 Å². The number of carbonyl (C=O) groups is 2. The summed E-state index contributed by atoms with van der Waals surface area (Å²) in [6, 6.07) is 0. The standard InChI is InChI=1S/C15H27N3O3.C2H6/c1-15(2,3)21-14(20)18-8-4-12(5-9-18)13(19)17-10-6-16-7-11-17;1-2/h12,16H,4-11H2,1-3H3;1-2H3. The van der Waals surface area contributed by atoms with E-state index in [1.165, 1.54) is 0 Å². The van der Waals surface area contributed by atoms with E-state index >= 15 is 0 Å². The van der Waals surface area contributed by atoms with Crippen LogP contribution in [-0.2, 0) is 9.53 Å². The number of rotatable bonds is 1. The Morgan fingerprint density at radius 3 is 1.96 bits per heavy atom. The average Bonchev–Trinajstić information content (AvgIpc) is 2.55. The van der Waals surface area contributed by atoms with Crippen LogP contribution in [0.5, 0.6) is 0 Å². The number of nitrogens with one attached hydrogen (secondary N) is 1. The molecule has 0 atom stereocenters. The number of hydrogen-bond donors (Lipinski definition) is 1. The van der Waals surface area contributed by atoms with Crippen LogP contribution < -0.4 is 5.32 Å². The first-order valence-electron chi connectivity index (χ1n) is 8.84. The van der Waals surface area contributed by atoms with Gasteiger partial charge in [0.2, 0.25) is 5.91 Å². The number of hydrogen-bond acceptors (Lipinski definition) is 4. The van der Waals surface area contributed by atoms with E-state index < -0.39 is 5.60 Å². The highest BCUT2D eigenvalue weighted by atomic mass is 16.6. The number of piperidine rings is 1. The van der Waals surface area contributed by atoms with E-state index in [1.807, 2.05) is 39.5 Å². The Balaban J connectivity index is 0.00000127. The number of nitrogens with zero attached hydrogens (tertiary/aromatic N) is 2. The molecule has 2 aliphatic rings. The number of amides is 2. The minimum Gasteiger partial charge on any atom is -0.444 e. The van der Waals surface area contributed by atoms with Gasteiger partial charge in [0.1, 0.15) is 5.60 Å². The lowest BCUT2D eigenvalue weighted by molar-refractivity contribution is -0.137. The maximum absolute atomic E-state index is 12.4. The molecule has 0 bridgehead atoms. The highest BCUT2D eigenvalue weighted by molar-refractivity contribution is 5.79. The van der Waals surface area contributed by atoms with Gasteiger partial charge in [0.25, 0.3) is 0 Å². The molecule has 23 heavy (non-hydrogen) atoms. The summed E-state index contributed by atoms with van der Waals surface area (Å²) in [6.45, 7) is 14.2. The fourth-order valence-corrected chi connectivity index (χ4v) is 2.78. The average molecular weight is 327 g/mol. The van der Waals surface area contributed by atoms with Gasteiger partial charge in [0, 0.05) is 45.2 Å². The van der Waals surface area contributed by atoms with E-state index in [1.54, 1.807) is 4.90 Å². The van der Waals surface area contributed by atoms with Gasteiger partial charge in [0.15, 0.2) is 0 Å². The van der Waals surface area contributed by atoms with Crippen molar-refractivity contribution in [1.82, 2.24) is 15.1 Å². The first-order chi connectivity index (χ1) is 10.9. The summed E-state index contributed by atoms with van der Waals surface area (Å²) >= 11 is 0. The minimum atomic E-state index is -0.468. The second kappa shape index (κ2) is 9.11. The molecule has 2 heterocycles. The van der Waals surface area contributed by atoms with Crippen LogP contribution in [0.25, 0.3) is 0 Å². The Hall–Kier alpha value is -1.30. The molecule has 0 aromatic heterocycles. The third-order valence-electron chi connectivity index (χ3n) is 3.92. The van der Waals surface area contributed by atoms with Crippen molar-refractivity contribution in [2.75, 3.05) is 39.3 Å². The molecule has 0 radical (unpaired) electrons. The first kappa shape index (κ1) is 19.7. The molecular formula is C17H33N3O3. The predicted octanol–water partition coefficient (Wildman–Crippen LogP) is 2.09. The molecule has 134 valence electrons. The quantitative estimate of drug-likeness (QED) is 0.801. The molecule has 2 rings (SSSR count). The zero-order valence-electron chi connectivity index (χ0n) is 15.4. The van der Waals surface area contributed by atoms with Crippen LogP contribution >= 0.6 is 0 Å². The van der Waals surface area contributed by atoms with Gasteiger partial charge in [-0.1, -0.05) is 13.8 Å². The Labute approximate surface area is 140 Å². The maximum atomic E-state index is 12.4. The fraction of sp³-hybridized carbons (Fsp3) is 0.882. The monoisotopic (exact) mass is 327 g/mol. The number of ether oxygens (including phenoxy) is 1. The fourth-order valence-electron chi connectivity index (χ4n) is 2.78. The topological polar surface area (TPSA) is 61.9 Å². The Morgan fingerprint density at radius 2 is 1.48 bits per heavy atom. The number of likely N-dealkylation sites (tertiary alicyclic amines) is 1. The second-order valence-electron chi connectivity index (χ2n) is 6.82. The molecule has 2 aliphatic heterocycles. The molecule has 0 aromatic rings. The van der Waals surface area contributed by atoms with Gasteiger partial charge in [-0.2, -0.15) is 0 Å². The van der Waals surface area contributed by atoms with Crippen LogP contribution in [0.3, 0.4) is 0 Å². The highest BCUT2D eigenvalue weighted by Gasteiger charge is 2.32. The second-order valence-corrected chi connectivity index (χ2v) is 6.82. The molecule has 2 saturated heterocycles. The largest absolute Gasteiger partial charge is 0.444 e. The lowest BCUT2D eigenvalue weighted by atomic mass is 9.95. The van der Waals surface area contributed by atoms with Crippen molar-refractivity contribution in [2.24, 2.45) is 5.92 Å². The van der Waals surface area contributed by atoms with Crippen LogP contribution in [0.15, 0.2) is 0 Å². The van der Waals surface area contributed by atoms with E-state index in [4.69, 9.17) is 4.74 Å². The van der Waals surface area contributed by atoms with Gasteiger partial charge in [-0.3, -0.25) is 4.79 Å². The molecule has 0 spiro atoms. The Kier molecular flexibility index (Phi) is 7.82. The summed E-state index contributed by atoms with van der Waals surface area (Å²) in [7, 11) is 0. The first-order valence-corrected chi connectivity index (χ1v) is 8.84. The van der Waals surface area contributed by atoms with E-state index in [9.17, 15) is 9.59 Å². The normalized spacial score (nSPS) is 19.7. The summed E-state index contributed by atoms with van der Waals surface area (Å²) < 4.78 is 5.37. The van der Waals surface area contributed by atoms with Crippen LogP contribution in [0, 0.1) is 5.92 Å². The molecule has 6 nitrogen and oxygen atoms in total. The van der Waals surface area contributed by atoms with Crippen molar-refractivity contribution in [2.45, 2.75) is 53.1 Å². The van der Waals surface area contributed by atoms with Gasteiger partial charge < -0.3 is 19.9 Å². The zero-order valence-corrected chi connectivity index (χ0v) is 15.4. The predicted molar refractivity (Wildman–Crippen MR) is 91.3 cm³/mol. The summed E-state index contributed by atoms with van der Waals surface area (Å²) in [5.74, 6) is 0.308. The lowest BCUT2D eigenvalue weighted by Crippen LogP contribution is -2.50. The van der Waals surface area contributed by atoms with Crippen molar-refractivity contribution in [3.8, 4) is 0 Å². The van der Waals surface area contributed by atoms with Crippen LogP contribution in [-0.4, -0.2) is 66.7 Å². The summed E-state index contributed by atoms with van der Waals surface area (Å²) in [5, 5.41) is 3.25. The SMILES string of the molecule is CC.CC(C)(C)OC(=O)N1CCC(C(=O)N2CCNCC2)CC1. The van der Waals surface area contributed by atoms with Gasteiger partial charge in [-0.15, -0.1) is 0 Å². The summed E-state index contributed by atoms with van der Waals surface area (Å²) in [6.07, 6.45) is 1.21. The molecule has 0 unspecified atom stereocenters. The third kappa shape index (κ3) is 6.37. The van der Waals surface area contributed by atoms with Crippen molar-refractivity contribution in [3.05, 3.63) is 0 Å². The van der Waals surface area contributed by atoms with Crippen LogP contribution in [0.1, 0.15) is 47.5 Å². The van der Waals surface area contributed by atoms with Crippen molar-refractivity contribution < 1.29 is 14.3 Å². The lowest BCUT2D eigenvalue weighted by Gasteiger charge is -2.36. The molecule has 2 fully saturated rings. The molecule has 1 N–H and O–H groups in total. The smallest absolute Gasteiger partial charge is 0.410 e. The Bertz CT molecular complexity index is 379. The molecule has 0 aliphatic carbocycles. The van der Waals surface area contributed by atoms with Crippen molar-refractivity contribution in [3.63, 3.8) is 0 Å². The van der Waals surface area contributed by atoms with Gasteiger partial charge in [0.05, 0.1) is 0 Å². The zero-order chi connectivity index (χ0) is 17.5. The number of carbonyl (C=O) groups excluding carboxylic acids is 2. The van der Waals surface area contributed by atoms with E-state index in [2.05, 4.69) is 5.32 Å². The summed E-state index contributed by atoms with van der Waals surface area (Å²) in [4.78, 5) is 28.1. The molecule has 2 amide bonds. The van der Waals surface area contributed by atoms with Gasteiger partial charge in [-0.05, 0) is 33.6 Å². The molecular weight excluding hydrogens is 294 g/mol. The molecule has 6 heteroatoms. The van der Waals surface area contributed by atoms with Gasteiger partial charge >= 0.3 is 6.09 Å². The van der Waals surface area contributed by atoms with Crippen LogP contribution in [0.4, 0.5) is 4.79 Å². The summed E-state index contributed by atoms with van der Waals surface area (Å²) in [5.41, 5.74) is -0.468. The molecule has 0 saturated carbocycles. The van der Waals surface area contributed by atoms with Gasteiger partial charge in [-0.25, -0.2) is 4.79 Å². The number of piperazine rings is 1.